The fourth-order valence-electron chi connectivity index (χ4n) is 6.20. The molecule has 3 fully saturated rings. The molecule has 0 N–H and O–H groups in total. The number of rotatable bonds is 2. The van der Waals surface area contributed by atoms with Crippen LogP contribution in [0.4, 0.5) is 4.39 Å². The minimum absolute atomic E-state index is 0.0812. The molecule has 1 saturated carbocycles. The van der Waals surface area contributed by atoms with Crippen LogP contribution >= 0.6 is 0 Å². The second kappa shape index (κ2) is 5.32. The molecule has 2 aliphatic carbocycles. The number of ether oxygens (including phenoxy) is 1. The lowest BCUT2D eigenvalue weighted by Crippen LogP contribution is -2.57. The van der Waals surface area contributed by atoms with Gasteiger partial charge in [0, 0.05) is 25.2 Å². The molecule has 4 bridgehead atoms. The second-order valence-corrected chi connectivity index (χ2v) is 8.16. The number of halogens is 1. The van der Waals surface area contributed by atoms with Crippen molar-refractivity contribution >= 4 is 5.57 Å². The van der Waals surface area contributed by atoms with Crippen molar-refractivity contribution in [1.29, 1.82) is 0 Å². The first kappa shape index (κ1) is 14.9. The molecule has 1 aromatic rings. The van der Waals surface area contributed by atoms with Gasteiger partial charge in [0.1, 0.15) is 11.6 Å². The zero-order valence-corrected chi connectivity index (χ0v) is 14.6. The third-order valence-corrected chi connectivity index (χ3v) is 7.14. The van der Waals surface area contributed by atoms with E-state index in [4.69, 9.17) is 4.74 Å². The Hall–Kier alpha value is -1.35. The largest absolute Gasteiger partial charge is 0.497 e. The zero-order valence-electron chi connectivity index (χ0n) is 14.6. The van der Waals surface area contributed by atoms with Gasteiger partial charge in [0.05, 0.1) is 7.11 Å². The number of hydrogen-bond acceptors (Lipinski definition) is 2. The summed E-state index contributed by atoms with van der Waals surface area (Å²) in [5.41, 5.74) is 5.06. The van der Waals surface area contributed by atoms with Gasteiger partial charge in [-0.05, 0) is 66.2 Å². The fraction of sp³-hybridized carbons (Fsp3) is 0.619. The maximum Gasteiger partial charge on any atom is 0.131 e. The van der Waals surface area contributed by atoms with Crippen molar-refractivity contribution in [3.05, 3.63) is 34.6 Å². The van der Waals surface area contributed by atoms with E-state index in [1.165, 1.54) is 31.4 Å². The Morgan fingerprint density at radius 2 is 2.17 bits per heavy atom. The molecule has 3 heterocycles. The number of nitrogens with zero attached hydrogens (tertiary/aromatic N) is 1. The van der Waals surface area contributed by atoms with Gasteiger partial charge in [-0.3, -0.25) is 4.90 Å². The highest BCUT2D eigenvalue weighted by molar-refractivity contribution is 5.78. The summed E-state index contributed by atoms with van der Waals surface area (Å²) in [5, 5.41) is 0. The first-order valence-corrected chi connectivity index (χ1v) is 9.52. The topological polar surface area (TPSA) is 12.5 Å². The highest BCUT2D eigenvalue weighted by Gasteiger charge is 2.49. The third-order valence-electron chi connectivity index (χ3n) is 7.14. The van der Waals surface area contributed by atoms with E-state index >= 15 is 0 Å². The van der Waals surface area contributed by atoms with Gasteiger partial charge in [-0.25, -0.2) is 4.39 Å². The average Bonchev–Trinajstić information content (AvgIpc) is 2.93. The molecule has 3 heteroatoms. The van der Waals surface area contributed by atoms with Gasteiger partial charge in [0.15, 0.2) is 0 Å². The highest BCUT2D eigenvalue weighted by atomic mass is 19.1. The van der Waals surface area contributed by atoms with Crippen molar-refractivity contribution in [2.24, 2.45) is 17.8 Å². The normalized spacial score (nSPS) is 36.4. The molecular weight excluding hydrogens is 301 g/mol. The monoisotopic (exact) mass is 327 g/mol. The highest BCUT2D eigenvalue weighted by Crippen LogP contribution is 2.53. The zero-order chi connectivity index (χ0) is 16.4. The predicted molar refractivity (Wildman–Crippen MR) is 93.5 cm³/mol. The van der Waals surface area contributed by atoms with Crippen LogP contribution in [0.1, 0.15) is 43.7 Å². The molecule has 1 aromatic carbocycles. The van der Waals surface area contributed by atoms with Crippen molar-refractivity contribution in [1.82, 2.24) is 4.90 Å². The van der Waals surface area contributed by atoms with Gasteiger partial charge in [-0.2, -0.15) is 0 Å². The summed E-state index contributed by atoms with van der Waals surface area (Å²) >= 11 is 0. The van der Waals surface area contributed by atoms with Crippen LogP contribution < -0.4 is 4.74 Å². The van der Waals surface area contributed by atoms with Crippen molar-refractivity contribution in [3.8, 4) is 5.75 Å². The van der Waals surface area contributed by atoms with Crippen LogP contribution in [-0.4, -0.2) is 31.1 Å². The standard InChI is InChI=1S/C21H26FNO/c1-3-13-6-12-7-19-17-10-18-16(8-14(24-2)9-20(18)22)15(17)4-5-23(11-12)21(13)19/h8-9,12-13,19,21H,3-7,10-11H2,1-2H3/t12-,13+,19+,21+/m1/s1. The van der Waals surface area contributed by atoms with Crippen LogP contribution in [0.5, 0.6) is 5.75 Å². The minimum Gasteiger partial charge on any atom is -0.497 e. The van der Waals surface area contributed by atoms with Gasteiger partial charge in [-0.1, -0.05) is 18.9 Å². The molecular formula is C21H26FNO. The van der Waals surface area contributed by atoms with E-state index in [9.17, 15) is 4.39 Å². The van der Waals surface area contributed by atoms with Gasteiger partial charge < -0.3 is 4.74 Å². The maximum atomic E-state index is 14.6. The van der Waals surface area contributed by atoms with Crippen molar-refractivity contribution in [3.63, 3.8) is 0 Å². The minimum atomic E-state index is -0.0812. The summed E-state index contributed by atoms with van der Waals surface area (Å²) < 4.78 is 19.9. The van der Waals surface area contributed by atoms with Crippen LogP contribution in [0.2, 0.25) is 0 Å². The molecule has 0 amide bonds. The molecule has 0 aromatic heterocycles. The van der Waals surface area contributed by atoms with E-state index in [1.807, 2.05) is 0 Å². The van der Waals surface area contributed by atoms with Gasteiger partial charge in [0.2, 0.25) is 0 Å². The van der Waals surface area contributed by atoms with Crippen LogP contribution in [0, 0.1) is 23.6 Å². The number of benzene rings is 1. The Morgan fingerprint density at radius 3 is 2.96 bits per heavy atom. The number of piperidine rings is 2. The summed E-state index contributed by atoms with van der Waals surface area (Å²) in [5.74, 6) is 2.90. The van der Waals surface area contributed by atoms with Gasteiger partial charge in [0.25, 0.3) is 0 Å². The molecule has 24 heavy (non-hydrogen) atoms. The van der Waals surface area contributed by atoms with Crippen molar-refractivity contribution in [2.75, 3.05) is 20.2 Å². The quantitative estimate of drug-likeness (QED) is 0.804. The van der Waals surface area contributed by atoms with Crippen LogP contribution in [0.3, 0.4) is 0 Å². The Bertz CT molecular complexity index is 725. The Kier molecular flexibility index (Phi) is 3.31. The Morgan fingerprint density at radius 1 is 1.29 bits per heavy atom. The summed E-state index contributed by atoms with van der Waals surface area (Å²) in [6, 6.07) is 4.33. The molecule has 6 rings (SSSR count). The predicted octanol–water partition coefficient (Wildman–Crippen LogP) is 4.28. The number of hydrogen-bond donors (Lipinski definition) is 0. The molecule has 5 aliphatic rings. The molecule has 3 aliphatic heterocycles. The Balaban J connectivity index is 1.60. The molecule has 128 valence electrons. The first-order valence-electron chi connectivity index (χ1n) is 9.52. The van der Waals surface area contributed by atoms with E-state index in [-0.39, 0.29) is 5.82 Å². The van der Waals surface area contributed by atoms with Crippen molar-refractivity contribution < 1.29 is 9.13 Å². The summed E-state index contributed by atoms with van der Waals surface area (Å²) in [6.07, 6.45) is 5.92. The average molecular weight is 327 g/mol. The second-order valence-electron chi connectivity index (χ2n) is 8.16. The lowest BCUT2D eigenvalue weighted by Gasteiger charge is -2.54. The molecule has 0 spiro atoms. The van der Waals surface area contributed by atoms with E-state index < -0.39 is 0 Å². The summed E-state index contributed by atoms with van der Waals surface area (Å²) in [4.78, 5) is 2.77. The summed E-state index contributed by atoms with van der Waals surface area (Å²) in [6.45, 7) is 4.78. The van der Waals surface area contributed by atoms with E-state index in [0.29, 0.717) is 17.7 Å². The van der Waals surface area contributed by atoms with E-state index in [1.54, 1.807) is 18.7 Å². The molecule has 5 atom stereocenters. The lowest BCUT2D eigenvalue weighted by molar-refractivity contribution is -0.0273. The van der Waals surface area contributed by atoms with Gasteiger partial charge in [-0.15, -0.1) is 0 Å². The fourth-order valence-corrected chi connectivity index (χ4v) is 6.20. The van der Waals surface area contributed by atoms with Gasteiger partial charge >= 0.3 is 0 Å². The smallest absolute Gasteiger partial charge is 0.131 e. The number of methoxy groups -OCH3 is 1. The number of fused-ring (bicyclic) bond motifs is 3. The van der Waals surface area contributed by atoms with Crippen molar-refractivity contribution in [2.45, 2.75) is 45.1 Å². The molecule has 2 saturated heterocycles. The first-order chi connectivity index (χ1) is 11.7. The van der Waals surface area contributed by atoms with Crippen LogP contribution in [-0.2, 0) is 6.42 Å². The van der Waals surface area contributed by atoms with E-state index in [0.717, 1.165) is 42.3 Å². The lowest BCUT2D eigenvalue weighted by atomic mass is 9.64. The SMILES string of the molecule is CC[C@H]1C[C@@H]2C[C@H]3C4=C(CCN(C2)[C@@H]13)c1cc(OC)cc(F)c1C4. The Labute approximate surface area is 143 Å². The molecule has 2 nitrogen and oxygen atoms in total. The van der Waals surface area contributed by atoms with E-state index in [2.05, 4.69) is 17.9 Å². The third kappa shape index (κ3) is 1.97. The summed E-state index contributed by atoms with van der Waals surface area (Å²) in [7, 11) is 1.63. The molecule has 0 radical (unpaired) electrons. The van der Waals surface area contributed by atoms with Crippen LogP contribution in [0.15, 0.2) is 17.7 Å². The van der Waals surface area contributed by atoms with Crippen LogP contribution in [0.25, 0.3) is 5.57 Å². The molecule has 1 unspecified atom stereocenters. The maximum absolute atomic E-state index is 14.6.